The van der Waals surface area contributed by atoms with Gasteiger partial charge >= 0.3 is 0 Å². The van der Waals surface area contributed by atoms with E-state index in [0.717, 1.165) is 16.1 Å². The quantitative estimate of drug-likeness (QED) is 0.359. The van der Waals surface area contributed by atoms with Crippen molar-refractivity contribution >= 4 is 42.4 Å². The van der Waals surface area contributed by atoms with Crippen molar-refractivity contribution in [1.29, 1.82) is 0 Å². The molecule has 11 heteroatoms. The molecule has 2 N–H and O–H groups in total. The smallest absolute Gasteiger partial charge is 0.185 e. The number of halogens is 3. The first-order valence-electron chi connectivity index (χ1n) is 9.37. The molecule has 2 heterocycles. The van der Waals surface area contributed by atoms with E-state index in [4.69, 9.17) is 0 Å². The second-order valence-electron chi connectivity index (χ2n) is 7.10. The van der Waals surface area contributed by atoms with Crippen LogP contribution in [0.15, 0.2) is 70.7 Å². The lowest BCUT2D eigenvalue weighted by Gasteiger charge is -2.13. The van der Waals surface area contributed by atoms with E-state index < -0.39 is 33.5 Å². The third-order valence-electron chi connectivity index (χ3n) is 4.71. The summed E-state index contributed by atoms with van der Waals surface area (Å²) >= 11 is 3.37. The van der Waals surface area contributed by atoms with Gasteiger partial charge in [-0.05, 0) is 23.8 Å². The molecule has 0 aliphatic rings. The van der Waals surface area contributed by atoms with Crippen LogP contribution in [0.3, 0.4) is 0 Å². The highest BCUT2D eigenvalue weighted by atomic mass is 79.9. The van der Waals surface area contributed by atoms with Crippen LogP contribution in [-0.4, -0.2) is 40.0 Å². The normalized spacial score (nSPS) is 12.8. The van der Waals surface area contributed by atoms with Crippen molar-refractivity contribution in [3.63, 3.8) is 0 Å². The molecular formula is C21H17BrF2N4O3S. The summed E-state index contributed by atoms with van der Waals surface area (Å²) in [7, 11) is -4.17. The maximum Gasteiger partial charge on any atom is 0.185 e. The van der Waals surface area contributed by atoms with E-state index >= 15 is 0 Å². The molecule has 0 amide bonds. The van der Waals surface area contributed by atoms with Gasteiger partial charge in [-0.2, -0.15) is 0 Å². The summed E-state index contributed by atoms with van der Waals surface area (Å²) in [6, 6.07) is 9.01. The van der Waals surface area contributed by atoms with Crippen LogP contribution in [0.25, 0.3) is 10.9 Å². The van der Waals surface area contributed by atoms with Crippen LogP contribution in [-0.2, 0) is 16.4 Å². The molecule has 0 saturated carbocycles. The average molecular weight is 523 g/mol. The maximum absolute atomic E-state index is 14.7. The molecule has 0 aliphatic heterocycles. The van der Waals surface area contributed by atoms with Crippen molar-refractivity contribution in [2.45, 2.75) is 17.7 Å². The maximum atomic E-state index is 14.7. The lowest BCUT2D eigenvalue weighted by molar-refractivity contribution is 0.226. The zero-order valence-corrected chi connectivity index (χ0v) is 18.8. The Kier molecular flexibility index (Phi) is 6.22. The van der Waals surface area contributed by atoms with Crippen LogP contribution in [0.4, 0.5) is 14.5 Å². The van der Waals surface area contributed by atoms with Crippen LogP contribution in [0.1, 0.15) is 5.56 Å². The molecule has 4 rings (SSSR count). The number of sulfone groups is 1. The highest BCUT2D eigenvalue weighted by Gasteiger charge is 2.27. The molecule has 0 saturated heterocycles. The van der Waals surface area contributed by atoms with Gasteiger partial charge in [-0.1, -0.05) is 28.1 Å². The molecule has 0 aliphatic carbocycles. The van der Waals surface area contributed by atoms with Crippen molar-refractivity contribution in [2.24, 2.45) is 0 Å². The predicted molar refractivity (Wildman–Crippen MR) is 119 cm³/mol. The summed E-state index contributed by atoms with van der Waals surface area (Å²) in [5.41, 5.74) is 1.22. The molecule has 0 radical (unpaired) electrons. The Balaban J connectivity index is 1.72. The molecule has 2 aromatic heterocycles. The van der Waals surface area contributed by atoms with Gasteiger partial charge in [0.25, 0.3) is 0 Å². The Bertz CT molecular complexity index is 1380. The lowest BCUT2D eigenvalue weighted by Crippen LogP contribution is -2.28. The third-order valence-corrected chi connectivity index (χ3v) is 6.94. The van der Waals surface area contributed by atoms with E-state index in [0.29, 0.717) is 11.8 Å². The minimum atomic E-state index is -4.17. The molecule has 1 unspecified atom stereocenters. The fourth-order valence-corrected chi connectivity index (χ4v) is 5.34. The van der Waals surface area contributed by atoms with Crippen molar-refractivity contribution in [1.82, 2.24) is 14.5 Å². The largest absolute Gasteiger partial charge is 0.373 e. The number of aromatic nitrogens is 3. The monoisotopic (exact) mass is 522 g/mol. The molecular weight excluding hydrogens is 506 g/mol. The Labute approximate surface area is 190 Å². The highest BCUT2D eigenvalue weighted by Crippen LogP contribution is 2.31. The van der Waals surface area contributed by atoms with Gasteiger partial charge in [0.2, 0.25) is 0 Å². The fourth-order valence-electron chi connectivity index (χ4n) is 3.41. The first-order valence-corrected chi connectivity index (χ1v) is 11.8. The van der Waals surface area contributed by atoms with Crippen LogP contribution in [0.2, 0.25) is 0 Å². The van der Waals surface area contributed by atoms with Gasteiger partial charge in [-0.15, -0.1) is 0 Å². The Hall–Kier alpha value is -2.89. The Morgan fingerprint density at radius 1 is 1.16 bits per heavy atom. The van der Waals surface area contributed by atoms with Crippen molar-refractivity contribution in [3.8, 4) is 0 Å². The third kappa shape index (κ3) is 4.79. The molecule has 2 aromatic carbocycles. The molecule has 32 heavy (non-hydrogen) atoms. The second-order valence-corrected chi connectivity index (χ2v) is 10.0. The van der Waals surface area contributed by atoms with Gasteiger partial charge in [-0.3, -0.25) is 0 Å². The minimum Gasteiger partial charge on any atom is -0.373 e. The zero-order chi connectivity index (χ0) is 22.9. The second kappa shape index (κ2) is 8.93. The molecule has 166 valence electrons. The lowest BCUT2D eigenvalue weighted by atomic mass is 10.2. The average Bonchev–Trinajstić information content (AvgIpc) is 3.08. The Morgan fingerprint density at radius 3 is 2.62 bits per heavy atom. The SMILES string of the molecule is O=S(=O)(CC(O)Nc1cncnc1)c1cn(Cc2cccc(Br)c2)c2cc(F)cc(F)c12. The summed E-state index contributed by atoms with van der Waals surface area (Å²) in [6.07, 6.45) is 3.79. The van der Waals surface area contributed by atoms with Gasteiger partial charge in [0.1, 0.15) is 24.2 Å². The number of aliphatic hydroxyl groups is 1. The van der Waals surface area contributed by atoms with E-state index in [2.05, 4.69) is 31.2 Å². The fraction of sp³-hybridized carbons (Fsp3) is 0.143. The number of anilines is 1. The number of aliphatic hydroxyl groups excluding tert-OH is 1. The van der Waals surface area contributed by atoms with Crippen molar-refractivity contribution < 1.29 is 22.3 Å². The van der Waals surface area contributed by atoms with Gasteiger partial charge in [-0.25, -0.2) is 27.2 Å². The van der Waals surface area contributed by atoms with E-state index in [9.17, 15) is 22.3 Å². The number of hydrogen-bond acceptors (Lipinski definition) is 6. The number of benzene rings is 2. The van der Waals surface area contributed by atoms with Crippen LogP contribution >= 0.6 is 15.9 Å². The van der Waals surface area contributed by atoms with Crippen LogP contribution in [0.5, 0.6) is 0 Å². The van der Waals surface area contributed by atoms with E-state index in [1.807, 2.05) is 18.2 Å². The summed E-state index contributed by atoms with van der Waals surface area (Å²) < 4.78 is 57.2. The van der Waals surface area contributed by atoms with Gasteiger partial charge in [0.05, 0.1) is 39.6 Å². The number of nitrogens with one attached hydrogen (secondary N) is 1. The molecule has 1 atom stereocenters. The molecule has 4 aromatic rings. The van der Waals surface area contributed by atoms with Gasteiger partial charge in [0.15, 0.2) is 9.84 Å². The predicted octanol–water partition coefficient (Wildman–Crippen LogP) is 3.72. The van der Waals surface area contributed by atoms with E-state index in [-0.39, 0.29) is 22.3 Å². The topological polar surface area (TPSA) is 97.1 Å². The molecule has 0 bridgehead atoms. The number of rotatable bonds is 7. The highest BCUT2D eigenvalue weighted by molar-refractivity contribution is 9.10. The number of fused-ring (bicyclic) bond motifs is 1. The summed E-state index contributed by atoms with van der Waals surface area (Å²) in [5.74, 6) is -2.56. The molecule has 7 nitrogen and oxygen atoms in total. The first-order chi connectivity index (χ1) is 15.2. The number of nitrogens with zero attached hydrogens (tertiary/aromatic N) is 3. The molecule has 0 fully saturated rings. The Morgan fingerprint density at radius 2 is 1.91 bits per heavy atom. The van der Waals surface area contributed by atoms with Gasteiger partial charge in [0, 0.05) is 23.3 Å². The summed E-state index contributed by atoms with van der Waals surface area (Å²) in [6.45, 7) is 0.191. The summed E-state index contributed by atoms with van der Waals surface area (Å²) in [5, 5.41) is 12.6. The van der Waals surface area contributed by atoms with E-state index in [1.165, 1.54) is 29.5 Å². The molecule has 0 spiro atoms. The minimum absolute atomic E-state index is 0.0972. The summed E-state index contributed by atoms with van der Waals surface area (Å²) in [4.78, 5) is 7.22. The van der Waals surface area contributed by atoms with Gasteiger partial charge < -0.3 is 15.0 Å². The van der Waals surface area contributed by atoms with Crippen molar-refractivity contribution in [3.05, 3.63) is 83.0 Å². The number of hydrogen-bond donors (Lipinski definition) is 2. The van der Waals surface area contributed by atoms with Crippen LogP contribution < -0.4 is 5.32 Å². The first kappa shape index (κ1) is 22.3. The van der Waals surface area contributed by atoms with Crippen LogP contribution in [0, 0.1) is 11.6 Å². The zero-order valence-electron chi connectivity index (χ0n) is 16.4. The van der Waals surface area contributed by atoms with E-state index in [1.54, 1.807) is 6.07 Å². The van der Waals surface area contributed by atoms with Crippen molar-refractivity contribution in [2.75, 3.05) is 11.1 Å². The standard InChI is InChI=1S/C21H17BrF2N4O3S/c22-14-3-1-2-13(4-14)9-28-10-19(21-17(24)5-15(23)6-18(21)28)32(30,31)11-20(29)27-16-7-25-12-26-8-16/h1-8,10,12,20,27,29H,9,11H2.